The number of hydrogen-bond acceptors (Lipinski definition) is 2. The van der Waals surface area contributed by atoms with Gasteiger partial charge in [0.15, 0.2) is 0 Å². The van der Waals surface area contributed by atoms with Gasteiger partial charge in [-0.05, 0) is 30.9 Å². The zero-order valence-corrected chi connectivity index (χ0v) is 16.6. The first kappa shape index (κ1) is 23.2. The van der Waals surface area contributed by atoms with Crippen LogP contribution in [0.4, 0.5) is 4.39 Å². The van der Waals surface area contributed by atoms with Crippen LogP contribution < -0.4 is 5.32 Å². The zero-order chi connectivity index (χ0) is 15.4. The molecule has 0 unspecified atom stereocenters. The lowest BCUT2D eigenvalue weighted by molar-refractivity contribution is 0.157. The van der Waals surface area contributed by atoms with E-state index in [-0.39, 0.29) is 41.7 Å². The van der Waals surface area contributed by atoms with Gasteiger partial charge < -0.3 is 5.32 Å². The number of halogens is 5. The van der Waals surface area contributed by atoms with E-state index in [4.69, 9.17) is 23.2 Å². The van der Waals surface area contributed by atoms with Gasteiger partial charge in [-0.2, -0.15) is 0 Å². The van der Waals surface area contributed by atoms with Gasteiger partial charge in [0, 0.05) is 42.8 Å². The molecule has 23 heavy (non-hydrogen) atoms. The van der Waals surface area contributed by atoms with Crippen LogP contribution >= 0.6 is 48.0 Å². The van der Waals surface area contributed by atoms with Crippen LogP contribution in [0.15, 0.2) is 12.1 Å². The Bertz CT molecular complexity index is 479. The molecule has 7 heteroatoms. The first-order valence-electron chi connectivity index (χ1n) is 7.59. The second kappa shape index (κ2) is 11.0. The van der Waals surface area contributed by atoms with Gasteiger partial charge in [0.05, 0.1) is 5.02 Å². The summed E-state index contributed by atoms with van der Waals surface area (Å²) in [7, 11) is 0. The van der Waals surface area contributed by atoms with Crippen LogP contribution in [-0.4, -0.2) is 31.1 Å². The Morgan fingerprint density at radius 2 is 1.65 bits per heavy atom. The fourth-order valence-electron chi connectivity index (χ4n) is 2.84. The maximum atomic E-state index is 14.5. The van der Waals surface area contributed by atoms with Gasteiger partial charge in [0.2, 0.25) is 0 Å². The summed E-state index contributed by atoms with van der Waals surface area (Å²) in [4.78, 5) is 2.32. The van der Waals surface area contributed by atoms with Crippen molar-refractivity contribution in [1.29, 1.82) is 0 Å². The monoisotopic (exact) mass is 404 g/mol. The SMILES string of the molecule is CC(C)CC[C@@H](c1c(Cl)ccc(Cl)c1F)N1CCNCC1.Cl.Cl. The minimum Gasteiger partial charge on any atom is -0.314 e. The van der Waals surface area contributed by atoms with Crippen molar-refractivity contribution in [2.24, 2.45) is 5.92 Å². The summed E-state index contributed by atoms with van der Waals surface area (Å²) in [6.45, 7) is 8.04. The fourth-order valence-corrected chi connectivity index (χ4v) is 3.28. The van der Waals surface area contributed by atoms with Crippen molar-refractivity contribution < 1.29 is 4.39 Å². The third kappa shape index (κ3) is 6.22. The van der Waals surface area contributed by atoms with E-state index >= 15 is 0 Å². The second-order valence-corrected chi connectivity index (χ2v) is 6.84. The molecule has 0 amide bonds. The van der Waals surface area contributed by atoms with Gasteiger partial charge >= 0.3 is 0 Å². The zero-order valence-electron chi connectivity index (χ0n) is 13.4. The molecule has 0 spiro atoms. The Labute approximate surface area is 160 Å². The number of benzene rings is 1. The third-order valence-corrected chi connectivity index (χ3v) is 4.64. The molecule has 0 saturated carbocycles. The van der Waals surface area contributed by atoms with Crippen molar-refractivity contribution in [3.8, 4) is 0 Å². The molecule has 134 valence electrons. The first-order valence-corrected chi connectivity index (χ1v) is 8.34. The molecule has 0 aliphatic carbocycles. The van der Waals surface area contributed by atoms with Crippen molar-refractivity contribution in [2.45, 2.75) is 32.7 Å². The van der Waals surface area contributed by atoms with Crippen LogP contribution in [0.3, 0.4) is 0 Å². The van der Waals surface area contributed by atoms with E-state index in [0.717, 1.165) is 39.0 Å². The molecule has 1 fully saturated rings. The summed E-state index contributed by atoms with van der Waals surface area (Å²) in [6.07, 6.45) is 1.94. The summed E-state index contributed by atoms with van der Waals surface area (Å²) in [5.41, 5.74) is 0.562. The lowest BCUT2D eigenvalue weighted by Crippen LogP contribution is -2.45. The van der Waals surface area contributed by atoms with Crippen LogP contribution in [0.1, 0.15) is 38.3 Å². The molecule has 0 bridgehead atoms. The minimum atomic E-state index is -0.364. The Kier molecular flexibility index (Phi) is 11.1. The largest absolute Gasteiger partial charge is 0.314 e. The quantitative estimate of drug-likeness (QED) is 0.663. The van der Waals surface area contributed by atoms with Gasteiger partial charge in [-0.25, -0.2) is 4.39 Å². The summed E-state index contributed by atoms with van der Waals surface area (Å²) in [6, 6.07) is 3.23. The number of rotatable bonds is 5. The lowest BCUT2D eigenvalue weighted by atomic mass is 9.95. The maximum absolute atomic E-state index is 14.5. The molecule has 1 heterocycles. The van der Waals surface area contributed by atoms with Gasteiger partial charge in [0.25, 0.3) is 0 Å². The molecule has 2 rings (SSSR count). The molecule has 1 atom stereocenters. The number of nitrogens with one attached hydrogen (secondary N) is 1. The Morgan fingerprint density at radius 1 is 1.09 bits per heavy atom. The molecular weight excluding hydrogens is 381 g/mol. The molecule has 1 N–H and O–H groups in total. The van der Waals surface area contributed by atoms with Gasteiger partial charge in [-0.3, -0.25) is 4.90 Å². The normalized spacial score (nSPS) is 16.6. The van der Waals surface area contributed by atoms with Crippen LogP contribution in [0, 0.1) is 11.7 Å². The molecule has 0 radical (unpaired) electrons. The lowest BCUT2D eigenvalue weighted by Gasteiger charge is -2.36. The predicted octanol–water partition coefficient (Wildman–Crippen LogP) is 5.36. The number of piperazine rings is 1. The van der Waals surface area contributed by atoms with E-state index in [1.807, 2.05) is 0 Å². The van der Waals surface area contributed by atoms with E-state index < -0.39 is 0 Å². The molecular formula is C16H25Cl4FN2. The number of hydrogen-bond donors (Lipinski definition) is 1. The second-order valence-electron chi connectivity index (χ2n) is 6.03. The van der Waals surface area contributed by atoms with Crippen LogP contribution in [0.2, 0.25) is 10.0 Å². The van der Waals surface area contributed by atoms with Crippen LogP contribution in [0.5, 0.6) is 0 Å². The predicted molar refractivity (Wildman–Crippen MR) is 102 cm³/mol. The highest BCUT2D eigenvalue weighted by Crippen LogP contribution is 2.36. The van der Waals surface area contributed by atoms with E-state index in [1.54, 1.807) is 6.07 Å². The van der Waals surface area contributed by atoms with Gasteiger partial charge in [0.1, 0.15) is 5.82 Å². The highest BCUT2D eigenvalue weighted by Gasteiger charge is 2.27. The van der Waals surface area contributed by atoms with Crippen LogP contribution in [-0.2, 0) is 0 Å². The molecule has 1 aliphatic heterocycles. The maximum Gasteiger partial charge on any atom is 0.148 e. The van der Waals surface area contributed by atoms with Crippen LogP contribution in [0.25, 0.3) is 0 Å². The highest BCUT2D eigenvalue weighted by atomic mass is 35.5. The van der Waals surface area contributed by atoms with E-state index in [9.17, 15) is 4.39 Å². The molecule has 2 nitrogen and oxygen atoms in total. The van der Waals surface area contributed by atoms with E-state index in [1.165, 1.54) is 6.07 Å². The van der Waals surface area contributed by atoms with Crippen molar-refractivity contribution in [3.05, 3.63) is 33.6 Å². The average Bonchev–Trinajstić information content (AvgIpc) is 2.47. The van der Waals surface area contributed by atoms with Gasteiger partial charge in [-0.1, -0.05) is 37.0 Å². The fraction of sp³-hybridized carbons (Fsp3) is 0.625. The van der Waals surface area contributed by atoms with Crippen molar-refractivity contribution in [1.82, 2.24) is 10.2 Å². The minimum absolute atomic E-state index is 0. The first-order chi connectivity index (χ1) is 10.0. The number of nitrogens with zero attached hydrogens (tertiary/aromatic N) is 1. The summed E-state index contributed by atoms with van der Waals surface area (Å²) < 4.78 is 14.5. The van der Waals surface area contributed by atoms with E-state index in [2.05, 4.69) is 24.1 Å². The topological polar surface area (TPSA) is 15.3 Å². The van der Waals surface area contributed by atoms with E-state index in [0.29, 0.717) is 16.5 Å². The highest BCUT2D eigenvalue weighted by molar-refractivity contribution is 6.33. The molecule has 1 saturated heterocycles. The Hall–Kier alpha value is 0.230. The Morgan fingerprint density at radius 3 is 2.22 bits per heavy atom. The summed E-state index contributed by atoms with van der Waals surface area (Å²) in [5.74, 6) is 0.216. The smallest absolute Gasteiger partial charge is 0.148 e. The third-order valence-electron chi connectivity index (χ3n) is 4.02. The van der Waals surface area contributed by atoms with Crippen molar-refractivity contribution in [3.63, 3.8) is 0 Å². The van der Waals surface area contributed by atoms with Gasteiger partial charge in [-0.15, -0.1) is 24.8 Å². The van der Waals surface area contributed by atoms with Crippen molar-refractivity contribution in [2.75, 3.05) is 26.2 Å². The molecule has 1 aromatic rings. The summed E-state index contributed by atoms with van der Waals surface area (Å²) in [5, 5.41) is 3.96. The van der Waals surface area contributed by atoms with Crippen molar-refractivity contribution >= 4 is 48.0 Å². The average molecular weight is 406 g/mol. The Balaban J connectivity index is 0.00000242. The molecule has 0 aromatic heterocycles. The molecule has 1 aliphatic rings. The molecule has 1 aromatic carbocycles. The standard InChI is InChI=1S/C16H23Cl2FN2.2ClH/c1-11(2)3-6-14(21-9-7-20-8-10-21)15-12(17)4-5-13(18)16(15)19;;/h4-5,11,14,20H,3,6-10H2,1-2H3;2*1H/t14-;;/m0../s1. The summed E-state index contributed by atoms with van der Waals surface area (Å²) >= 11 is 12.3.